The molecule has 0 unspecified atom stereocenters. The van der Waals surface area contributed by atoms with E-state index in [9.17, 15) is 0 Å². The maximum absolute atomic E-state index is 3.88. The zero-order valence-electron chi connectivity index (χ0n) is 65.9. The van der Waals surface area contributed by atoms with Gasteiger partial charge in [-0.25, -0.2) is 0 Å². The van der Waals surface area contributed by atoms with E-state index < -0.39 is 18.4 Å². The molecule has 0 spiro atoms. The molecule has 0 N–H and O–H groups in total. The molecular formula is C90H142Br2S8Sn. The van der Waals surface area contributed by atoms with Crippen molar-refractivity contribution in [3.63, 3.8) is 0 Å². The third kappa shape index (κ3) is 36.5. The summed E-state index contributed by atoms with van der Waals surface area (Å²) in [5.41, 5.74) is 6.22. The second-order valence-corrected chi connectivity index (χ2v) is 58.4. The molecule has 568 valence electrons. The molecule has 0 fully saturated rings. The van der Waals surface area contributed by atoms with Gasteiger partial charge in [0.2, 0.25) is 0 Å². The van der Waals surface area contributed by atoms with Gasteiger partial charge in [0.15, 0.2) is 0 Å². The van der Waals surface area contributed by atoms with Gasteiger partial charge in [-0.05, 0) is 156 Å². The molecule has 0 aliphatic carbocycles. The van der Waals surface area contributed by atoms with Crippen LogP contribution >= 0.6 is 123 Å². The summed E-state index contributed by atoms with van der Waals surface area (Å²) in [5, 5.41) is 0. The van der Waals surface area contributed by atoms with Crippen LogP contribution in [0.4, 0.5) is 0 Å². The molecule has 0 atom stereocenters. The van der Waals surface area contributed by atoms with Gasteiger partial charge in [0.05, 0.1) is 7.57 Å². The van der Waals surface area contributed by atoms with Crippen LogP contribution in [0, 0.1) is 20.8 Å². The van der Waals surface area contributed by atoms with Crippen molar-refractivity contribution in [3.05, 3.63) is 93.0 Å². The normalized spacial score (nSPS) is 11.8. The average Bonchev–Trinajstić information content (AvgIpc) is 1.63. The predicted octanol–water partition coefficient (Wildman–Crippen LogP) is 36.8. The molecule has 0 saturated heterocycles. The standard InChI is InChI=1S/C44H68S4.C36H60Br2S2.C7H5S2.3CH3.Sn/c1-5-7-9-11-13-15-17-19-21-23-25-27-29-37-31-35(3)45-43(37)41-33-39-40(47-41)34-42(48-39)44-38(32-36(4)46-44)30-28-26-24-22-20-18-16-14-12-10-8-6-2;1-3-5-7-9-11-13-15-17-19-21-23-25-27-31-29-33(39-35(31)37)34-30-32(36(38)40-34)28-26-24-22-20-18-16-14-12-10-8-6-4-2;1-5-4-7-6(9-5)2-3-8-7;;;;/h31-34H,5-30H2,1-4H3;29-30H,3-28H2,1-2H3;2,4H,1H3;3*1H3;. The number of aryl methyl sites for hydroxylation is 7. The topological polar surface area (TPSA) is 0 Å². The van der Waals surface area contributed by atoms with Gasteiger partial charge in [0, 0.05) is 48.4 Å². The number of unbranched alkanes of at least 4 members (excludes halogenated alkanes) is 44. The summed E-state index contributed by atoms with van der Waals surface area (Å²) in [5.74, 6) is 0. The Morgan fingerprint density at radius 2 is 0.485 bits per heavy atom. The van der Waals surface area contributed by atoms with Crippen molar-refractivity contribution in [2.75, 3.05) is 0 Å². The van der Waals surface area contributed by atoms with E-state index >= 15 is 0 Å². The number of halogens is 2. The molecule has 11 heteroatoms. The average molecular weight is 1760 g/mol. The Balaban J connectivity index is 0.000000272. The Kier molecular flexibility index (Phi) is 48.4. The molecule has 0 bridgehead atoms. The predicted molar refractivity (Wildman–Crippen MR) is 485 cm³/mol. The Labute approximate surface area is 674 Å². The van der Waals surface area contributed by atoms with Crippen LogP contribution in [0.2, 0.25) is 14.8 Å². The molecule has 0 aliphatic rings. The van der Waals surface area contributed by atoms with E-state index in [1.807, 2.05) is 90.7 Å². The van der Waals surface area contributed by atoms with Crippen molar-refractivity contribution in [2.45, 2.75) is 397 Å². The van der Waals surface area contributed by atoms with Gasteiger partial charge >= 0.3 is 92.1 Å². The number of hydrogen-bond donors (Lipinski definition) is 0. The summed E-state index contributed by atoms with van der Waals surface area (Å²) in [6.07, 6.45) is 73.0. The molecule has 8 aromatic heterocycles. The Hall–Kier alpha value is -0.121. The first-order valence-corrected chi connectivity index (χ1v) is 60.1. The molecular weight excluding hydrogens is 1620 g/mol. The first-order valence-electron chi connectivity index (χ1n) is 42.0. The van der Waals surface area contributed by atoms with Crippen molar-refractivity contribution < 1.29 is 0 Å². The van der Waals surface area contributed by atoms with Crippen LogP contribution in [0.5, 0.6) is 0 Å². The monoisotopic (exact) mass is 1760 g/mol. The van der Waals surface area contributed by atoms with Gasteiger partial charge in [-0.1, -0.05) is 310 Å². The minimum absolute atomic E-state index is 1.22. The summed E-state index contributed by atoms with van der Waals surface area (Å²) >= 11 is 21.9. The number of fused-ring (bicyclic) bond motifs is 2. The number of hydrogen-bond acceptors (Lipinski definition) is 8. The first kappa shape index (κ1) is 89.8. The van der Waals surface area contributed by atoms with E-state index in [0.29, 0.717) is 0 Å². The first-order chi connectivity index (χ1) is 49.2. The van der Waals surface area contributed by atoms with E-state index in [2.05, 4.69) is 144 Å². The van der Waals surface area contributed by atoms with E-state index in [-0.39, 0.29) is 0 Å². The molecule has 8 heterocycles. The number of rotatable bonds is 56. The molecule has 101 heavy (non-hydrogen) atoms. The van der Waals surface area contributed by atoms with Crippen LogP contribution in [0.25, 0.3) is 48.1 Å². The summed E-state index contributed by atoms with van der Waals surface area (Å²) in [7, 11) is 0. The summed E-state index contributed by atoms with van der Waals surface area (Å²) in [4.78, 5) is 20.8. The summed E-state index contributed by atoms with van der Waals surface area (Å²) in [6.45, 7) is 16.0. The fourth-order valence-electron chi connectivity index (χ4n) is 14.3. The Morgan fingerprint density at radius 1 is 0.238 bits per heavy atom. The van der Waals surface area contributed by atoms with Crippen molar-refractivity contribution in [3.8, 4) is 29.3 Å². The second kappa shape index (κ2) is 54.5. The maximum atomic E-state index is 3.88. The molecule has 8 rings (SSSR count). The van der Waals surface area contributed by atoms with Crippen LogP contribution in [-0.2, 0) is 25.7 Å². The summed E-state index contributed by atoms with van der Waals surface area (Å²) < 4.78 is 10.4. The van der Waals surface area contributed by atoms with Crippen LogP contribution < -0.4 is 2.89 Å². The van der Waals surface area contributed by atoms with E-state index in [0.717, 1.165) is 0 Å². The molecule has 0 saturated carbocycles. The van der Waals surface area contributed by atoms with E-state index in [4.69, 9.17) is 0 Å². The fraction of sp³-hybridized carbons (Fsp3) is 0.689. The van der Waals surface area contributed by atoms with Gasteiger partial charge in [0.25, 0.3) is 0 Å². The Bertz CT molecular complexity index is 3100. The summed E-state index contributed by atoms with van der Waals surface area (Å²) in [6, 6.07) is 19.7. The molecule has 0 aromatic carbocycles. The van der Waals surface area contributed by atoms with E-state index in [1.54, 1.807) is 23.8 Å². The number of thiophene rings is 8. The van der Waals surface area contributed by atoms with Crippen molar-refractivity contribution in [1.29, 1.82) is 0 Å². The van der Waals surface area contributed by atoms with Crippen molar-refractivity contribution in [2.24, 2.45) is 0 Å². The van der Waals surface area contributed by atoms with Crippen LogP contribution in [0.3, 0.4) is 0 Å². The molecule has 8 aromatic rings. The molecule has 0 nitrogen and oxygen atoms in total. The zero-order chi connectivity index (χ0) is 72.1. The third-order valence-electron chi connectivity index (χ3n) is 20.5. The van der Waals surface area contributed by atoms with Gasteiger partial charge in [-0.3, -0.25) is 0 Å². The minimum atomic E-state index is -1.78. The molecule has 0 aliphatic heterocycles. The Morgan fingerprint density at radius 3 is 0.762 bits per heavy atom. The molecule has 0 radical (unpaired) electrons. The van der Waals surface area contributed by atoms with Gasteiger partial charge in [0.1, 0.15) is 0 Å². The third-order valence-corrected chi connectivity index (χ3v) is 41.1. The van der Waals surface area contributed by atoms with Crippen LogP contribution in [0.1, 0.15) is 373 Å². The van der Waals surface area contributed by atoms with Gasteiger partial charge < -0.3 is 0 Å². The molecule has 0 amide bonds. The van der Waals surface area contributed by atoms with Crippen LogP contribution in [-0.4, -0.2) is 18.4 Å². The van der Waals surface area contributed by atoms with Crippen molar-refractivity contribution in [1.82, 2.24) is 0 Å². The SMILES string of the molecule is CCCCCCCCCCCCCCc1cc(-c2cc(CCCCCCCCCCCCCC)c(Br)s2)sc1Br.CCCCCCCCCCCCCCc1cc(C)sc1-c1cc2sc(-c3sc(C)cc3CCCCCCCCCCCCCC)cc2s1.Cc1cc2s[c]([Sn]([CH3])([CH3])[CH3])cc2s1. The van der Waals surface area contributed by atoms with Gasteiger partial charge in [-0.2, -0.15) is 0 Å². The van der Waals surface area contributed by atoms with Crippen LogP contribution in [0.15, 0.2) is 56.1 Å². The van der Waals surface area contributed by atoms with Crippen molar-refractivity contribution >= 4 is 163 Å². The fourth-order valence-corrected chi connectivity index (χ4v) is 30.6. The second-order valence-electron chi connectivity index (χ2n) is 31.2. The zero-order valence-corrected chi connectivity index (χ0v) is 78.5. The quantitative estimate of drug-likeness (QED) is 0.0263. The van der Waals surface area contributed by atoms with E-state index in [1.165, 1.54) is 406 Å². The van der Waals surface area contributed by atoms with Gasteiger partial charge in [-0.15, -0.1) is 68.0 Å².